The fourth-order valence-corrected chi connectivity index (χ4v) is 4.48. The summed E-state index contributed by atoms with van der Waals surface area (Å²) >= 11 is 0. The first-order chi connectivity index (χ1) is 15.0. The number of aryl methyl sites for hydroxylation is 1. The maximum atomic E-state index is 13.5. The number of hydrogen-bond acceptors (Lipinski definition) is 4. The van der Waals surface area contributed by atoms with Crippen molar-refractivity contribution in [1.29, 1.82) is 0 Å². The predicted molar refractivity (Wildman–Crippen MR) is 121 cm³/mol. The monoisotopic (exact) mass is 420 g/mol. The standard InChI is InChI=1S/C25H28N2O4/c1-16-14-18-15-19(26-24(28)17-8-5-4-6-9-17)12-13-20(18)27(16)25(29)23-21(30-2)10-7-11-22(23)31-3/h7,10-15,17H,4-6,8-9H2,1-3H3,(H,26,28). The number of hydrogen-bond donors (Lipinski definition) is 1. The van der Waals surface area contributed by atoms with Crippen LogP contribution in [0.25, 0.3) is 10.9 Å². The van der Waals surface area contributed by atoms with Gasteiger partial charge in [-0.3, -0.25) is 14.2 Å². The largest absolute Gasteiger partial charge is 0.496 e. The van der Waals surface area contributed by atoms with Crippen molar-refractivity contribution in [2.75, 3.05) is 19.5 Å². The van der Waals surface area contributed by atoms with Crippen LogP contribution in [0.2, 0.25) is 0 Å². The van der Waals surface area contributed by atoms with Crippen LogP contribution in [0.4, 0.5) is 5.69 Å². The average molecular weight is 421 g/mol. The molecule has 4 rings (SSSR count). The molecule has 2 aromatic carbocycles. The number of aromatic nitrogens is 1. The summed E-state index contributed by atoms with van der Waals surface area (Å²) in [6.07, 6.45) is 5.37. The van der Waals surface area contributed by atoms with E-state index in [2.05, 4.69) is 5.32 Å². The summed E-state index contributed by atoms with van der Waals surface area (Å²) in [5, 5.41) is 3.95. The fourth-order valence-electron chi connectivity index (χ4n) is 4.48. The second-order valence-electron chi connectivity index (χ2n) is 8.06. The number of benzene rings is 2. The van der Waals surface area contributed by atoms with E-state index in [-0.39, 0.29) is 17.7 Å². The quantitative estimate of drug-likeness (QED) is 0.618. The molecule has 1 amide bonds. The van der Waals surface area contributed by atoms with E-state index in [1.165, 1.54) is 20.6 Å². The average Bonchev–Trinajstić information content (AvgIpc) is 3.13. The Kier molecular flexibility index (Phi) is 5.98. The van der Waals surface area contributed by atoms with Crippen LogP contribution in [0.15, 0.2) is 42.5 Å². The van der Waals surface area contributed by atoms with Gasteiger partial charge in [0.25, 0.3) is 5.91 Å². The molecule has 0 radical (unpaired) electrons. The van der Waals surface area contributed by atoms with Crippen molar-refractivity contribution in [2.45, 2.75) is 39.0 Å². The van der Waals surface area contributed by atoms with E-state index < -0.39 is 0 Å². The molecule has 0 bridgehead atoms. The highest BCUT2D eigenvalue weighted by Gasteiger charge is 2.24. The minimum absolute atomic E-state index is 0.0880. The molecule has 0 spiro atoms. The van der Waals surface area contributed by atoms with Crippen LogP contribution >= 0.6 is 0 Å². The molecule has 1 fully saturated rings. The molecule has 1 aliphatic carbocycles. The predicted octanol–water partition coefficient (Wildman–Crippen LogP) is 5.17. The lowest BCUT2D eigenvalue weighted by atomic mass is 9.88. The molecule has 0 aliphatic heterocycles. The van der Waals surface area contributed by atoms with E-state index in [1.54, 1.807) is 22.8 Å². The number of fused-ring (bicyclic) bond motifs is 1. The van der Waals surface area contributed by atoms with Gasteiger partial charge >= 0.3 is 0 Å². The Morgan fingerprint density at radius 1 is 0.968 bits per heavy atom. The van der Waals surface area contributed by atoms with Crippen molar-refractivity contribution >= 4 is 28.4 Å². The third kappa shape index (κ3) is 4.02. The van der Waals surface area contributed by atoms with Crippen molar-refractivity contribution in [1.82, 2.24) is 4.57 Å². The van der Waals surface area contributed by atoms with Crippen LogP contribution < -0.4 is 14.8 Å². The van der Waals surface area contributed by atoms with Gasteiger partial charge in [0, 0.05) is 22.7 Å². The van der Waals surface area contributed by atoms with Crippen LogP contribution in [0.1, 0.15) is 48.2 Å². The Balaban J connectivity index is 1.67. The van der Waals surface area contributed by atoms with Gasteiger partial charge in [0.15, 0.2) is 0 Å². The summed E-state index contributed by atoms with van der Waals surface area (Å²) in [5.41, 5.74) is 2.69. The maximum Gasteiger partial charge on any atom is 0.270 e. The highest BCUT2D eigenvalue weighted by Crippen LogP contribution is 2.32. The summed E-state index contributed by atoms with van der Waals surface area (Å²) in [5.74, 6) is 0.880. The van der Waals surface area contributed by atoms with Gasteiger partial charge in [-0.15, -0.1) is 0 Å². The van der Waals surface area contributed by atoms with Crippen LogP contribution in [-0.4, -0.2) is 30.6 Å². The summed E-state index contributed by atoms with van der Waals surface area (Å²) in [6, 6.07) is 12.9. The van der Waals surface area contributed by atoms with E-state index in [0.29, 0.717) is 17.1 Å². The molecule has 0 atom stereocenters. The number of amides is 1. The zero-order valence-corrected chi connectivity index (χ0v) is 18.2. The van der Waals surface area contributed by atoms with Crippen molar-refractivity contribution in [3.05, 3.63) is 53.7 Å². The summed E-state index contributed by atoms with van der Waals surface area (Å²) in [6.45, 7) is 1.89. The molecule has 1 heterocycles. The van der Waals surface area contributed by atoms with E-state index in [0.717, 1.165) is 48.0 Å². The summed E-state index contributed by atoms with van der Waals surface area (Å²) in [7, 11) is 3.07. The van der Waals surface area contributed by atoms with Crippen LogP contribution in [0.5, 0.6) is 11.5 Å². The molecule has 1 saturated carbocycles. The Morgan fingerprint density at radius 3 is 2.29 bits per heavy atom. The first-order valence-corrected chi connectivity index (χ1v) is 10.7. The molecule has 162 valence electrons. The van der Waals surface area contributed by atoms with Crippen molar-refractivity contribution in [3.63, 3.8) is 0 Å². The number of nitrogens with one attached hydrogen (secondary N) is 1. The molecule has 1 N–H and O–H groups in total. The first kappa shape index (κ1) is 21.0. The summed E-state index contributed by atoms with van der Waals surface area (Å²) in [4.78, 5) is 26.1. The normalized spacial score (nSPS) is 14.4. The Bertz CT molecular complexity index is 1100. The number of carbonyl (C=O) groups excluding carboxylic acids is 2. The van der Waals surface area contributed by atoms with E-state index in [1.807, 2.05) is 31.2 Å². The van der Waals surface area contributed by atoms with Gasteiger partial charge in [0.05, 0.1) is 19.7 Å². The second-order valence-corrected chi connectivity index (χ2v) is 8.06. The van der Waals surface area contributed by atoms with E-state index in [4.69, 9.17) is 9.47 Å². The zero-order valence-electron chi connectivity index (χ0n) is 18.2. The van der Waals surface area contributed by atoms with Crippen molar-refractivity contribution in [3.8, 4) is 11.5 Å². The smallest absolute Gasteiger partial charge is 0.270 e. The van der Waals surface area contributed by atoms with Crippen molar-refractivity contribution < 1.29 is 19.1 Å². The van der Waals surface area contributed by atoms with Crippen LogP contribution in [0, 0.1) is 12.8 Å². The lowest BCUT2D eigenvalue weighted by Crippen LogP contribution is -2.24. The number of anilines is 1. The van der Waals surface area contributed by atoms with E-state index in [9.17, 15) is 9.59 Å². The van der Waals surface area contributed by atoms with Gasteiger partial charge in [-0.25, -0.2) is 0 Å². The number of rotatable bonds is 5. The van der Waals surface area contributed by atoms with Gasteiger partial charge in [-0.2, -0.15) is 0 Å². The summed E-state index contributed by atoms with van der Waals surface area (Å²) < 4.78 is 12.5. The second kappa shape index (κ2) is 8.84. The van der Waals surface area contributed by atoms with E-state index >= 15 is 0 Å². The molecule has 1 aromatic heterocycles. The lowest BCUT2D eigenvalue weighted by molar-refractivity contribution is -0.120. The molecule has 31 heavy (non-hydrogen) atoms. The Labute approximate surface area is 182 Å². The third-order valence-electron chi connectivity index (χ3n) is 6.07. The van der Waals surface area contributed by atoms with Gasteiger partial charge < -0.3 is 14.8 Å². The molecule has 6 heteroatoms. The van der Waals surface area contributed by atoms with Gasteiger partial charge in [0.2, 0.25) is 5.91 Å². The van der Waals surface area contributed by atoms with Crippen molar-refractivity contribution in [2.24, 2.45) is 5.92 Å². The molecule has 3 aromatic rings. The van der Waals surface area contributed by atoms with Crippen LogP contribution in [0.3, 0.4) is 0 Å². The first-order valence-electron chi connectivity index (χ1n) is 10.7. The maximum absolute atomic E-state index is 13.5. The fraction of sp³-hybridized carbons (Fsp3) is 0.360. The number of carbonyl (C=O) groups is 2. The molecule has 1 aliphatic rings. The SMILES string of the molecule is COc1cccc(OC)c1C(=O)n1c(C)cc2cc(NC(=O)C3CCCCC3)ccc21. The van der Waals surface area contributed by atoms with Gasteiger partial charge in [-0.05, 0) is 56.2 Å². The molecule has 0 saturated heterocycles. The van der Waals surface area contributed by atoms with Gasteiger partial charge in [0.1, 0.15) is 17.1 Å². The Morgan fingerprint density at radius 2 is 1.65 bits per heavy atom. The van der Waals surface area contributed by atoms with Crippen LogP contribution in [-0.2, 0) is 4.79 Å². The highest BCUT2D eigenvalue weighted by molar-refractivity contribution is 6.07. The lowest BCUT2D eigenvalue weighted by Gasteiger charge is -2.20. The molecule has 0 unspecified atom stereocenters. The number of ether oxygens (including phenoxy) is 2. The Hall–Kier alpha value is -3.28. The molecule has 6 nitrogen and oxygen atoms in total. The topological polar surface area (TPSA) is 69.6 Å². The third-order valence-corrected chi connectivity index (χ3v) is 6.07. The highest BCUT2D eigenvalue weighted by atomic mass is 16.5. The zero-order chi connectivity index (χ0) is 22.0. The van der Waals surface area contributed by atoms with Gasteiger partial charge in [-0.1, -0.05) is 25.3 Å². The number of nitrogens with zero attached hydrogens (tertiary/aromatic N) is 1. The number of methoxy groups -OCH3 is 2. The molecular formula is C25H28N2O4. The minimum atomic E-state index is -0.221. The minimum Gasteiger partial charge on any atom is -0.496 e. The molecular weight excluding hydrogens is 392 g/mol.